The van der Waals surface area contributed by atoms with Gasteiger partial charge in [0.2, 0.25) is 0 Å². The van der Waals surface area contributed by atoms with Crippen LogP contribution in [0.1, 0.15) is 29.5 Å². The molecule has 0 bridgehead atoms. The second-order valence-corrected chi connectivity index (χ2v) is 5.25. The number of benzene rings is 1. The summed E-state index contributed by atoms with van der Waals surface area (Å²) in [6, 6.07) is 5.86. The van der Waals surface area contributed by atoms with Crippen LogP contribution >= 0.6 is 0 Å². The lowest BCUT2D eigenvalue weighted by atomic mass is 10.0. The highest BCUT2D eigenvalue weighted by Crippen LogP contribution is 2.11. The molecule has 0 aliphatic rings. The standard InChI is InChI=1S/C16H23NO3/c1-11-7-12(2)9-13(8-11)10-15(18)5-3-14(17)4-6-16(19)20/h3,5,7-9,14-15,18H,4,6,10,17H2,1-2H3,(H,19,20)/b5-3+/t14-,15+/m0/s1. The third-order valence-corrected chi connectivity index (χ3v) is 3.00. The van der Waals surface area contributed by atoms with Crippen LogP contribution in [0.4, 0.5) is 0 Å². The van der Waals surface area contributed by atoms with Gasteiger partial charge >= 0.3 is 5.97 Å². The van der Waals surface area contributed by atoms with Crippen molar-refractivity contribution in [3.8, 4) is 0 Å². The molecule has 0 fully saturated rings. The third-order valence-electron chi connectivity index (χ3n) is 3.00. The summed E-state index contributed by atoms with van der Waals surface area (Å²) in [6.07, 6.45) is 3.67. The lowest BCUT2D eigenvalue weighted by molar-refractivity contribution is -0.137. The Labute approximate surface area is 119 Å². The van der Waals surface area contributed by atoms with E-state index in [1.54, 1.807) is 12.2 Å². The highest BCUT2D eigenvalue weighted by Gasteiger charge is 2.06. The van der Waals surface area contributed by atoms with Crippen LogP contribution in [-0.4, -0.2) is 28.3 Å². The zero-order valence-electron chi connectivity index (χ0n) is 12.0. The molecule has 0 aromatic heterocycles. The Bertz CT molecular complexity index is 462. The first-order chi connectivity index (χ1) is 9.36. The van der Waals surface area contributed by atoms with E-state index in [1.807, 2.05) is 13.8 Å². The minimum atomic E-state index is -0.857. The summed E-state index contributed by atoms with van der Waals surface area (Å²) in [6.45, 7) is 4.06. The number of aliphatic hydroxyl groups is 1. The molecule has 0 aliphatic carbocycles. The van der Waals surface area contributed by atoms with Crippen molar-refractivity contribution in [3.63, 3.8) is 0 Å². The zero-order chi connectivity index (χ0) is 15.1. The number of rotatable bonds is 7. The van der Waals surface area contributed by atoms with Crippen LogP contribution in [0.5, 0.6) is 0 Å². The van der Waals surface area contributed by atoms with Gasteiger partial charge in [0.05, 0.1) is 6.10 Å². The summed E-state index contributed by atoms with van der Waals surface area (Å²) in [4.78, 5) is 10.4. The maximum Gasteiger partial charge on any atom is 0.303 e. The fraction of sp³-hybridized carbons (Fsp3) is 0.438. The molecule has 1 aromatic carbocycles. The maximum absolute atomic E-state index is 10.4. The van der Waals surface area contributed by atoms with E-state index in [0.717, 1.165) is 5.56 Å². The van der Waals surface area contributed by atoms with Gasteiger partial charge in [-0.25, -0.2) is 0 Å². The van der Waals surface area contributed by atoms with Gasteiger partial charge in [-0.3, -0.25) is 4.79 Å². The number of hydrogen-bond donors (Lipinski definition) is 3. The second-order valence-electron chi connectivity index (χ2n) is 5.25. The van der Waals surface area contributed by atoms with Crippen molar-refractivity contribution in [2.75, 3.05) is 0 Å². The van der Waals surface area contributed by atoms with Gasteiger partial charge in [0, 0.05) is 18.9 Å². The molecule has 1 rings (SSSR count). The van der Waals surface area contributed by atoms with Gasteiger partial charge in [-0.05, 0) is 25.8 Å². The summed E-state index contributed by atoms with van der Waals surface area (Å²) in [5.41, 5.74) is 9.18. The molecule has 1 aromatic rings. The van der Waals surface area contributed by atoms with Crippen molar-refractivity contribution in [2.24, 2.45) is 5.73 Å². The number of aliphatic hydroxyl groups excluding tert-OH is 1. The van der Waals surface area contributed by atoms with E-state index in [1.165, 1.54) is 11.1 Å². The Morgan fingerprint density at radius 2 is 1.85 bits per heavy atom. The molecule has 4 heteroatoms. The first kappa shape index (κ1) is 16.4. The molecule has 0 unspecified atom stereocenters. The Balaban J connectivity index is 2.50. The summed E-state index contributed by atoms with van der Waals surface area (Å²) in [5, 5.41) is 18.5. The monoisotopic (exact) mass is 277 g/mol. The van der Waals surface area contributed by atoms with E-state index >= 15 is 0 Å². The predicted molar refractivity (Wildman–Crippen MR) is 79.6 cm³/mol. The normalized spacial score (nSPS) is 14.4. The van der Waals surface area contributed by atoms with Crippen LogP contribution in [0, 0.1) is 13.8 Å². The molecule has 0 radical (unpaired) electrons. The van der Waals surface area contributed by atoms with E-state index in [-0.39, 0.29) is 12.5 Å². The van der Waals surface area contributed by atoms with Crippen molar-refractivity contribution in [1.82, 2.24) is 0 Å². The van der Waals surface area contributed by atoms with Gasteiger partial charge in [0.25, 0.3) is 0 Å². The zero-order valence-corrected chi connectivity index (χ0v) is 12.0. The number of nitrogens with two attached hydrogens (primary N) is 1. The predicted octanol–water partition coefficient (Wildman–Crippen LogP) is 1.96. The molecule has 0 amide bonds. The van der Waals surface area contributed by atoms with Crippen LogP contribution < -0.4 is 5.73 Å². The molecular weight excluding hydrogens is 254 g/mol. The van der Waals surface area contributed by atoms with Crippen molar-refractivity contribution in [3.05, 3.63) is 47.0 Å². The topological polar surface area (TPSA) is 83.5 Å². The van der Waals surface area contributed by atoms with Gasteiger partial charge in [0.15, 0.2) is 0 Å². The van der Waals surface area contributed by atoms with E-state index in [0.29, 0.717) is 12.8 Å². The molecule has 4 nitrogen and oxygen atoms in total. The summed E-state index contributed by atoms with van der Waals surface area (Å²) >= 11 is 0. The van der Waals surface area contributed by atoms with Crippen molar-refractivity contribution in [2.45, 2.75) is 45.3 Å². The van der Waals surface area contributed by atoms with E-state index in [9.17, 15) is 9.90 Å². The molecule has 0 saturated heterocycles. The number of carboxylic acid groups (broad SMARTS) is 1. The molecular formula is C16H23NO3. The van der Waals surface area contributed by atoms with Crippen LogP contribution in [0.15, 0.2) is 30.4 Å². The number of carboxylic acids is 1. The summed E-state index contributed by atoms with van der Waals surface area (Å²) in [5.74, 6) is -0.857. The van der Waals surface area contributed by atoms with E-state index in [4.69, 9.17) is 10.8 Å². The van der Waals surface area contributed by atoms with Crippen molar-refractivity contribution >= 4 is 5.97 Å². The molecule has 4 N–H and O–H groups in total. The van der Waals surface area contributed by atoms with Crippen LogP contribution in [-0.2, 0) is 11.2 Å². The molecule has 0 aliphatic heterocycles. The highest BCUT2D eigenvalue weighted by molar-refractivity contribution is 5.66. The van der Waals surface area contributed by atoms with Crippen LogP contribution in [0.2, 0.25) is 0 Å². The quantitative estimate of drug-likeness (QED) is 0.665. The Kier molecular flexibility index (Phi) is 6.42. The third kappa shape index (κ3) is 6.50. The lowest BCUT2D eigenvalue weighted by Crippen LogP contribution is -2.19. The van der Waals surface area contributed by atoms with Crippen molar-refractivity contribution in [1.29, 1.82) is 0 Å². The van der Waals surface area contributed by atoms with Crippen LogP contribution in [0.3, 0.4) is 0 Å². The molecule has 2 atom stereocenters. The first-order valence-electron chi connectivity index (χ1n) is 6.77. The van der Waals surface area contributed by atoms with E-state index < -0.39 is 12.1 Å². The summed E-state index contributed by atoms with van der Waals surface area (Å²) < 4.78 is 0. The van der Waals surface area contributed by atoms with Gasteiger partial charge < -0.3 is 15.9 Å². The number of carbonyl (C=O) groups is 1. The van der Waals surface area contributed by atoms with Crippen LogP contribution in [0.25, 0.3) is 0 Å². The molecule has 20 heavy (non-hydrogen) atoms. The van der Waals surface area contributed by atoms with Gasteiger partial charge in [-0.2, -0.15) is 0 Å². The Morgan fingerprint density at radius 3 is 2.40 bits per heavy atom. The first-order valence-corrected chi connectivity index (χ1v) is 6.77. The highest BCUT2D eigenvalue weighted by atomic mass is 16.4. The van der Waals surface area contributed by atoms with Crippen molar-refractivity contribution < 1.29 is 15.0 Å². The minimum Gasteiger partial charge on any atom is -0.481 e. The summed E-state index contributed by atoms with van der Waals surface area (Å²) in [7, 11) is 0. The molecule has 0 heterocycles. The average molecular weight is 277 g/mol. The molecule has 110 valence electrons. The second kappa shape index (κ2) is 7.82. The SMILES string of the molecule is Cc1cc(C)cc(C[C@H](O)/C=C/[C@H](N)CCC(=O)O)c1. The van der Waals surface area contributed by atoms with Gasteiger partial charge in [0.1, 0.15) is 0 Å². The Morgan fingerprint density at radius 1 is 1.25 bits per heavy atom. The van der Waals surface area contributed by atoms with Gasteiger partial charge in [-0.15, -0.1) is 0 Å². The fourth-order valence-electron chi connectivity index (χ4n) is 2.15. The average Bonchev–Trinajstić information content (AvgIpc) is 2.32. The van der Waals surface area contributed by atoms with Gasteiger partial charge in [-0.1, -0.05) is 41.5 Å². The number of aliphatic carboxylic acids is 1. The number of hydrogen-bond acceptors (Lipinski definition) is 3. The van der Waals surface area contributed by atoms with E-state index in [2.05, 4.69) is 18.2 Å². The maximum atomic E-state index is 10.4. The minimum absolute atomic E-state index is 0.0404. The lowest BCUT2D eigenvalue weighted by Gasteiger charge is -2.09. The Hall–Kier alpha value is -1.65. The smallest absolute Gasteiger partial charge is 0.303 e. The fourth-order valence-corrected chi connectivity index (χ4v) is 2.15. The molecule has 0 spiro atoms. The largest absolute Gasteiger partial charge is 0.481 e. The number of aryl methyl sites for hydroxylation is 2. The molecule has 0 saturated carbocycles.